The first-order valence-electron chi connectivity index (χ1n) is 5.34. The van der Waals surface area contributed by atoms with Crippen molar-refractivity contribution in [1.82, 2.24) is 0 Å². The summed E-state index contributed by atoms with van der Waals surface area (Å²) in [6, 6.07) is 0. The molecule has 0 bridgehead atoms. The molecule has 0 heterocycles. The van der Waals surface area contributed by atoms with Crippen molar-refractivity contribution in [1.29, 1.82) is 0 Å². The lowest BCUT2D eigenvalue weighted by molar-refractivity contribution is 0.0842. The number of allylic oxidation sites excluding steroid dienone is 1. The van der Waals surface area contributed by atoms with Gasteiger partial charge in [0.1, 0.15) is 0 Å². The van der Waals surface area contributed by atoms with Crippen molar-refractivity contribution in [3.05, 3.63) is 11.8 Å². The lowest BCUT2D eigenvalue weighted by Crippen LogP contribution is -2.44. The second-order valence-electron chi connectivity index (χ2n) is 2.71. The van der Waals surface area contributed by atoms with E-state index < -0.39 is 8.80 Å². The average molecular weight is 218 g/mol. The minimum absolute atomic E-state index is 0.625. The van der Waals surface area contributed by atoms with Gasteiger partial charge in [0.05, 0.1) is 0 Å². The maximum absolute atomic E-state index is 5.62. The summed E-state index contributed by atoms with van der Waals surface area (Å²) in [5.74, 6) is 0. The highest BCUT2D eigenvalue weighted by atomic mass is 28.4. The summed E-state index contributed by atoms with van der Waals surface area (Å²) in [5, 5.41) is 0. The van der Waals surface area contributed by atoms with Gasteiger partial charge < -0.3 is 13.3 Å². The van der Waals surface area contributed by atoms with Gasteiger partial charge in [-0.05, 0) is 32.9 Å². The lowest BCUT2D eigenvalue weighted by atomic mass is 10.5. The van der Waals surface area contributed by atoms with Crippen LogP contribution in [0.5, 0.6) is 0 Å². The minimum Gasteiger partial charge on any atom is -0.371 e. The van der Waals surface area contributed by atoms with Crippen LogP contribution in [-0.2, 0) is 13.3 Å². The van der Waals surface area contributed by atoms with Crippen LogP contribution in [0.3, 0.4) is 0 Å². The Balaban J connectivity index is 4.45. The summed E-state index contributed by atoms with van der Waals surface area (Å²) in [6.07, 6.45) is 3.02. The summed E-state index contributed by atoms with van der Waals surface area (Å²) in [6.45, 7) is 9.83. The van der Waals surface area contributed by atoms with Gasteiger partial charge in [-0.1, -0.05) is 13.0 Å². The topological polar surface area (TPSA) is 27.7 Å². The van der Waals surface area contributed by atoms with E-state index in [4.69, 9.17) is 13.3 Å². The fourth-order valence-corrected chi connectivity index (χ4v) is 3.41. The average Bonchev–Trinajstić information content (AvgIpc) is 2.16. The first kappa shape index (κ1) is 13.8. The molecule has 3 nitrogen and oxygen atoms in total. The van der Waals surface area contributed by atoms with Crippen molar-refractivity contribution in [3.8, 4) is 0 Å². The Morgan fingerprint density at radius 2 is 1.29 bits per heavy atom. The molecule has 0 spiro atoms. The van der Waals surface area contributed by atoms with Gasteiger partial charge >= 0.3 is 8.80 Å². The van der Waals surface area contributed by atoms with Gasteiger partial charge in [-0.2, -0.15) is 0 Å². The zero-order valence-electron chi connectivity index (χ0n) is 9.71. The molecule has 0 aromatic rings. The molecule has 0 N–H and O–H groups in total. The molecule has 84 valence electrons. The Hall–Kier alpha value is -0.163. The van der Waals surface area contributed by atoms with Crippen LogP contribution in [0.15, 0.2) is 11.8 Å². The molecule has 0 aliphatic carbocycles. The van der Waals surface area contributed by atoms with E-state index >= 15 is 0 Å². The van der Waals surface area contributed by atoms with Crippen LogP contribution in [0.1, 0.15) is 34.1 Å². The molecular formula is C10H22O3Si. The Bertz CT molecular complexity index is 142. The lowest BCUT2D eigenvalue weighted by Gasteiger charge is -2.25. The van der Waals surface area contributed by atoms with Gasteiger partial charge in [-0.25, -0.2) is 0 Å². The molecule has 0 atom stereocenters. The molecule has 0 saturated carbocycles. The van der Waals surface area contributed by atoms with Crippen LogP contribution in [0, 0.1) is 0 Å². The van der Waals surface area contributed by atoms with Gasteiger partial charge in [0.25, 0.3) is 0 Å². The van der Waals surface area contributed by atoms with Crippen molar-refractivity contribution in [3.63, 3.8) is 0 Å². The van der Waals surface area contributed by atoms with E-state index in [2.05, 4.69) is 6.92 Å². The van der Waals surface area contributed by atoms with E-state index in [9.17, 15) is 0 Å². The zero-order chi connectivity index (χ0) is 10.9. The van der Waals surface area contributed by atoms with Crippen LogP contribution >= 0.6 is 0 Å². The van der Waals surface area contributed by atoms with E-state index in [-0.39, 0.29) is 0 Å². The largest absolute Gasteiger partial charge is 0.529 e. The van der Waals surface area contributed by atoms with Crippen LogP contribution in [0.25, 0.3) is 0 Å². The van der Waals surface area contributed by atoms with E-state index in [0.29, 0.717) is 19.8 Å². The van der Waals surface area contributed by atoms with Crippen LogP contribution in [-0.4, -0.2) is 28.6 Å². The maximum atomic E-state index is 5.62. The quantitative estimate of drug-likeness (QED) is 0.586. The molecule has 0 aliphatic rings. The maximum Gasteiger partial charge on any atom is 0.529 e. The summed E-state index contributed by atoms with van der Waals surface area (Å²) >= 11 is 0. The standard InChI is InChI=1S/C10H22O3Si/c1-5-9-10-14(11-6-2,12-7-3)13-8-4/h9-10H,5-8H2,1-4H3/b10-9+. The molecular weight excluding hydrogens is 196 g/mol. The van der Waals surface area contributed by atoms with E-state index in [1.807, 2.05) is 32.5 Å². The fraction of sp³-hybridized carbons (Fsp3) is 0.800. The second-order valence-corrected chi connectivity index (χ2v) is 5.12. The predicted octanol–water partition coefficient (Wildman–Crippen LogP) is 2.54. The first-order chi connectivity index (χ1) is 6.74. The Morgan fingerprint density at radius 1 is 0.857 bits per heavy atom. The fourth-order valence-electron chi connectivity index (χ4n) is 1.14. The summed E-state index contributed by atoms with van der Waals surface area (Å²) < 4.78 is 16.9. The van der Waals surface area contributed by atoms with Gasteiger partial charge in [-0.3, -0.25) is 0 Å². The summed E-state index contributed by atoms with van der Waals surface area (Å²) in [5.41, 5.74) is 1.98. The minimum atomic E-state index is -2.50. The summed E-state index contributed by atoms with van der Waals surface area (Å²) in [4.78, 5) is 0. The second kappa shape index (κ2) is 8.17. The third-order valence-corrected chi connectivity index (χ3v) is 4.31. The van der Waals surface area contributed by atoms with Crippen molar-refractivity contribution in [2.24, 2.45) is 0 Å². The zero-order valence-corrected chi connectivity index (χ0v) is 10.7. The monoisotopic (exact) mass is 218 g/mol. The van der Waals surface area contributed by atoms with Gasteiger partial charge in [0.15, 0.2) is 0 Å². The molecule has 4 heteroatoms. The smallest absolute Gasteiger partial charge is 0.371 e. The first-order valence-corrected chi connectivity index (χ1v) is 7.14. The van der Waals surface area contributed by atoms with Gasteiger partial charge in [0, 0.05) is 19.8 Å². The molecule has 0 fully saturated rings. The molecule has 0 aliphatic heterocycles. The van der Waals surface area contributed by atoms with Crippen LogP contribution in [0.4, 0.5) is 0 Å². The summed E-state index contributed by atoms with van der Waals surface area (Å²) in [7, 11) is -2.50. The SMILES string of the molecule is CC/C=C/[Si](OCC)(OCC)OCC. The Morgan fingerprint density at radius 3 is 1.57 bits per heavy atom. The molecule has 0 amide bonds. The van der Waals surface area contributed by atoms with E-state index in [1.165, 1.54) is 0 Å². The number of hydrogen-bond donors (Lipinski definition) is 0. The Kier molecular flexibility index (Phi) is 8.08. The highest BCUT2D eigenvalue weighted by Crippen LogP contribution is 2.12. The predicted molar refractivity (Wildman–Crippen MR) is 60.1 cm³/mol. The van der Waals surface area contributed by atoms with Crippen molar-refractivity contribution in [2.75, 3.05) is 19.8 Å². The molecule has 0 rings (SSSR count). The van der Waals surface area contributed by atoms with Crippen molar-refractivity contribution < 1.29 is 13.3 Å². The highest BCUT2D eigenvalue weighted by Gasteiger charge is 2.37. The van der Waals surface area contributed by atoms with Crippen molar-refractivity contribution in [2.45, 2.75) is 34.1 Å². The van der Waals surface area contributed by atoms with Crippen molar-refractivity contribution >= 4 is 8.80 Å². The van der Waals surface area contributed by atoms with Crippen LogP contribution < -0.4 is 0 Å². The molecule has 0 aromatic carbocycles. The normalized spacial score (nSPS) is 12.6. The van der Waals surface area contributed by atoms with Crippen LogP contribution in [0.2, 0.25) is 0 Å². The third kappa shape index (κ3) is 4.90. The molecule has 0 unspecified atom stereocenters. The van der Waals surface area contributed by atoms with Gasteiger partial charge in [-0.15, -0.1) is 0 Å². The van der Waals surface area contributed by atoms with Gasteiger partial charge in [0.2, 0.25) is 0 Å². The number of rotatable bonds is 8. The highest BCUT2D eigenvalue weighted by molar-refractivity contribution is 6.66. The molecule has 0 radical (unpaired) electrons. The molecule has 0 saturated heterocycles. The Labute approximate surface area is 88.4 Å². The molecule has 0 aromatic heterocycles. The third-order valence-electron chi connectivity index (χ3n) is 1.59. The number of hydrogen-bond acceptors (Lipinski definition) is 3. The van der Waals surface area contributed by atoms with E-state index in [0.717, 1.165) is 6.42 Å². The van der Waals surface area contributed by atoms with E-state index in [1.54, 1.807) is 0 Å². The molecule has 14 heavy (non-hydrogen) atoms.